The summed E-state index contributed by atoms with van der Waals surface area (Å²) in [6.07, 6.45) is 0. The van der Waals surface area contributed by atoms with E-state index in [1.54, 1.807) is 6.07 Å². The molecular formula is C11H11N3. The molecule has 70 valence electrons. The van der Waals surface area contributed by atoms with E-state index in [9.17, 15) is 0 Å². The lowest BCUT2D eigenvalue weighted by atomic mass is 10.2. The fourth-order valence-corrected chi connectivity index (χ4v) is 1.42. The van der Waals surface area contributed by atoms with E-state index in [0.29, 0.717) is 11.5 Å². The van der Waals surface area contributed by atoms with Crippen LogP contribution in [0.2, 0.25) is 0 Å². The maximum atomic E-state index is 8.89. The van der Waals surface area contributed by atoms with Gasteiger partial charge in [-0.05, 0) is 12.1 Å². The summed E-state index contributed by atoms with van der Waals surface area (Å²) < 4.78 is 0. The topological polar surface area (TPSA) is 52.5 Å². The molecule has 1 heterocycles. The number of aromatic nitrogens is 2. The number of nitriles is 1. The van der Waals surface area contributed by atoms with E-state index in [1.165, 1.54) is 0 Å². The summed E-state index contributed by atoms with van der Waals surface area (Å²) in [6, 6.07) is 7.72. The molecule has 0 spiro atoms. The van der Waals surface area contributed by atoms with Gasteiger partial charge in [-0.15, -0.1) is 0 Å². The van der Waals surface area contributed by atoms with Crippen molar-refractivity contribution in [3.63, 3.8) is 0 Å². The van der Waals surface area contributed by atoms with Crippen molar-refractivity contribution >= 4 is 11.0 Å². The first-order valence-electron chi connectivity index (χ1n) is 4.61. The van der Waals surface area contributed by atoms with Crippen LogP contribution in [0.5, 0.6) is 0 Å². The minimum Gasteiger partial charge on any atom is -0.341 e. The van der Waals surface area contributed by atoms with Gasteiger partial charge in [-0.2, -0.15) is 5.26 Å². The van der Waals surface area contributed by atoms with Crippen molar-refractivity contribution < 1.29 is 0 Å². The summed E-state index contributed by atoms with van der Waals surface area (Å²) in [5.41, 5.74) is 2.37. The van der Waals surface area contributed by atoms with Crippen LogP contribution in [-0.2, 0) is 0 Å². The third kappa shape index (κ3) is 1.25. The van der Waals surface area contributed by atoms with Crippen molar-refractivity contribution in [1.82, 2.24) is 9.97 Å². The molecule has 2 aromatic rings. The molecule has 0 saturated carbocycles. The number of rotatable bonds is 1. The molecule has 1 N–H and O–H groups in total. The van der Waals surface area contributed by atoms with Gasteiger partial charge in [-0.3, -0.25) is 0 Å². The van der Waals surface area contributed by atoms with E-state index in [4.69, 9.17) is 5.26 Å². The molecule has 14 heavy (non-hydrogen) atoms. The minimum absolute atomic E-state index is 0.356. The molecule has 0 aliphatic rings. The molecule has 0 amide bonds. The van der Waals surface area contributed by atoms with Gasteiger partial charge in [-0.25, -0.2) is 4.98 Å². The van der Waals surface area contributed by atoms with Gasteiger partial charge in [0.2, 0.25) is 0 Å². The predicted molar refractivity (Wildman–Crippen MR) is 54.9 cm³/mol. The van der Waals surface area contributed by atoms with E-state index in [2.05, 4.69) is 29.9 Å². The van der Waals surface area contributed by atoms with Gasteiger partial charge < -0.3 is 4.98 Å². The Bertz CT molecular complexity index is 503. The molecule has 0 atom stereocenters. The fraction of sp³-hybridized carbons (Fsp3) is 0.273. The number of nitrogens with one attached hydrogen (secondary N) is 1. The second-order valence-electron chi connectivity index (χ2n) is 3.59. The first-order valence-corrected chi connectivity index (χ1v) is 4.61. The summed E-state index contributed by atoms with van der Waals surface area (Å²) in [7, 11) is 0. The second-order valence-corrected chi connectivity index (χ2v) is 3.59. The number of nitrogens with zero attached hydrogens (tertiary/aromatic N) is 2. The molecule has 0 aliphatic carbocycles. The maximum Gasteiger partial charge on any atom is 0.109 e. The molecule has 1 aromatic carbocycles. The lowest BCUT2D eigenvalue weighted by molar-refractivity contribution is 0.799. The number of imidazole rings is 1. The van der Waals surface area contributed by atoms with Gasteiger partial charge in [0.05, 0.1) is 16.6 Å². The van der Waals surface area contributed by atoms with E-state index >= 15 is 0 Å². The van der Waals surface area contributed by atoms with Crippen molar-refractivity contribution in [2.45, 2.75) is 19.8 Å². The second kappa shape index (κ2) is 3.15. The van der Waals surface area contributed by atoms with Crippen LogP contribution in [0.25, 0.3) is 11.0 Å². The van der Waals surface area contributed by atoms with Crippen LogP contribution in [0.1, 0.15) is 31.2 Å². The Labute approximate surface area is 82.4 Å². The number of para-hydroxylation sites is 1. The van der Waals surface area contributed by atoms with E-state index in [0.717, 1.165) is 16.9 Å². The van der Waals surface area contributed by atoms with E-state index in [1.807, 2.05) is 12.1 Å². The molecule has 0 bridgehead atoms. The third-order valence-corrected chi connectivity index (χ3v) is 2.20. The molecule has 0 radical (unpaired) electrons. The number of benzene rings is 1. The van der Waals surface area contributed by atoms with Gasteiger partial charge in [0.15, 0.2) is 0 Å². The number of hydrogen-bond acceptors (Lipinski definition) is 2. The van der Waals surface area contributed by atoms with Crippen LogP contribution in [-0.4, -0.2) is 9.97 Å². The number of fused-ring (bicyclic) bond motifs is 1. The van der Waals surface area contributed by atoms with Crippen molar-refractivity contribution in [2.75, 3.05) is 0 Å². The van der Waals surface area contributed by atoms with Crippen LogP contribution >= 0.6 is 0 Å². The smallest absolute Gasteiger partial charge is 0.109 e. The van der Waals surface area contributed by atoms with Crippen molar-refractivity contribution in [3.8, 4) is 6.07 Å². The lowest BCUT2D eigenvalue weighted by Gasteiger charge is -1.95. The zero-order chi connectivity index (χ0) is 10.1. The first kappa shape index (κ1) is 8.76. The van der Waals surface area contributed by atoms with Crippen molar-refractivity contribution in [2.24, 2.45) is 0 Å². The summed E-state index contributed by atoms with van der Waals surface area (Å²) >= 11 is 0. The predicted octanol–water partition coefficient (Wildman–Crippen LogP) is 2.56. The third-order valence-electron chi connectivity index (χ3n) is 2.20. The molecule has 1 aromatic heterocycles. The lowest BCUT2D eigenvalue weighted by Crippen LogP contribution is -1.88. The Kier molecular flexibility index (Phi) is 1.97. The maximum absolute atomic E-state index is 8.89. The summed E-state index contributed by atoms with van der Waals surface area (Å²) in [4.78, 5) is 7.60. The average Bonchev–Trinajstić information content (AvgIpc) is 2.60. The molecular weight excluding hydrogens is 174 g/mol. The van der Waals surface area contributed by atoms with Gasteiger partial charge in [0.1, 0.15) is 11.9 Å². The van der Waals surface area contributed by atoms with Crippen LogP contribution < -0.4 is 0 Å². The quantitative estimate of drug-likeness (QED) is 0.742. The number of aromatic amines is 1. The van der Waals surface area contributed by atoms with Crippen LogP contribution in [0.4, 0.5) is 0 Å². The largest absolute Gasteiger partial charge is 0.341 e. The van der Waals surface area contributed by atoms with Gasteiger partial charge in [0, 0.05) is 5.92 Å². The average molecular weight is 185 g/mol. The monoisotopic (exact) mass is 185 g/mol. The van der Waals surface area contributed by atoms with Crippen LogP contribution in [0.3, 0.4) is 0 Å². The SMILES string of the molecule is CC(C)c1nc2cccc(C#N)c2[nH]1. The van der Waals surface area contributed by atoms with Crippen LogP contribution in [0.15, 0.2) is 18.2 Å². The molecule has 2 rings (SSSR count). The van der Waals surface area contributed by atoms with Gasteiger partial charge in [0.25, 0.3) is 0 Å². The normalized spacial score (nSPS) is 10.7. The Morgan fingerprint density at radius 1 is 1.43 bits per heavy atom. The van der Waals surface area contributed by atoms with Crippen molar-refractivity contribution in [1.29, 1.82) is 5.26 Å². The highest BCUT2D eigenvalue weighted by Gasteiger charge is 2.08. The van der Waals surface area contributed by atoms with Crippen molar-refractivity contribution in [3.05, 3.63) is 29.6 Å². The molecule has 3 nitrogen and oxygen atoms in total. The number of H-pyrrole nitrogens is 1. The molecule has 3 heteroatoms. The van der Waals surface area contributed by atoms with E-state index in [-0.39, 0.29) is 0 Å². The molecule has 0 aliphatic heterocycles. The highest BCUT2D eigenvalue weighted by molar-refractivity contribution is 5.81. The summed E-state index contributed by atoms with van der Waals surface area (Å²) in [5, 5.41) is 8.89. The number of hydrogen-bond donors (Lipinski definition) is 1. The van der Waals surface area contributed by atoms with E-state index < -0.39 is 0 Å². The summed E-state index contributed by atoms with van der Waals surface area (Å²) in [5.74, 6) is 1.29. The Morgan fingerprint density at radius 2 is 2.21 bits per heavy atom. The zero-order valence-electron chi connectivity index (χ0n) is 8.20. The first-order chi connectivity index (χ1) is 6.72. The van der Waals surface area contributed by atoms with Gasteiger partial charge >= 0.3 is 0 Å². The molecule has 0 fully saturated rings. The Balaban J connectivity index is 2.72. The van der Waals surface area contributed by atoms with Crippen LogP contribution in [0, 0.1) is 11.3 Å². The highest BCUT2D eigenvalue weighted by Crippen LogP contribution is 2.19. The highest BCUT2D eigenvalue weighted by atomic mass is 14.9. The molecule has 0 unspecified atom stereocenters. The summed E-state index contributed by atoms with van der Waals surface area (Å²) in [6.45, 7) is 4.15. The fourth-order valence-electron chi connectivity index (χ4n) is 1.42. The Morgan fingerprint density at radius 3 is 2.86 bits per heavy atom. The standard InChI is InChI=1S/C11H11N3/c1-7(2)11-13-9-5-3-4-8(6-12)10(9)14-11/h3-5,7H,1-2H3,(H,13,14). The van der Waals surface area contributed by atoms with Gasteiger partial charge in [-0.1, -0.05) is 19.9 Å². The zero-order valence-corrected chi connectivity index (χ0v) is 8.20. The minimum atomic E-state index is 0.356. The Hall–Kier alpha value is -1.82. The molecule has 0 saturated heterocycles.